The number of hydrogen-bond donors (Lipinski definition) is 0. The molecule has 0 radical (unpaired) electrons. The number of nitrogens with zero attached hydrogens (tertiary/aromatic N) is 2. The molecule has 0 bridgehead atoms. The minimum atomic E-state index is -0.0866. The van der Waals surface area contributed by atoms with Crippen molar-refractivity contribution in [1.29, 1.82) is 0 Å². The number of thiophene rings is 1. The van der Waals surface area contributed by atoms with Gasteiger partial charge in [0.25, 0.3) is 5.56 Å². The minimum absolute atomic E-state index is 0.0866. The van der Waals surface area contributed by atoms with Crippen molar-refractivity contribution in [2.75, 3.05) is 7.11 Å². The van der Waals surface area contributed by atoms with Crippen LogP contribution >= 0.6 is 22.9 Å². The highest BCUT2D eigenvalue weighted by Gasteiger charge is 2.13. The van der Waals surface area contributed by atoms with Crippen molar-refractivity contribution in [1.82, 2.24) is 9.55 Å². The van der Waals surface area contributed by atoms with Crippen LogP contribution in [-0.2, 0) is 6.42 Å². The summed E-state index contributed by atoms with van der Waals surface area (Å²) in [6.07, 6.45) is 2.44. The van der Waals surface area contributed by atoms with Crippen LogP contribution < -0.4 is 10.3 Å². The average molecular weight is 397 g/mol. The lowest BCUT2D eigenvalue weighted by Crippen LogP contribution is -2.17. The van der Waals surface area contributed by atoms with E-state index in [1.807, 2.05) is 48.5 Å². The van der Waals surface area contributed by atoms with Gasteiger partial charge in [-0.15, -0.1) is 11.3 Å². The molecule has 6 heteroatoms. The number of hydrogen-bond acceptors (Lipinski definition) is 4. The molecule has 2 aromatic heterocycles. The summed E-state index contributed by atoms with van der Waals surface area (Å²) in [6.45, 7) is 2.07. The summed E-state index contributed by atoms with van der Waals surface area (Å²) in [5.41, 5.74) is 3.47. The van der Waals surface area contributed by atoms with E-state index in [1.165, 1.54) is 11.3 Å². The first-order valence-electron chi connectivity index (χ1n) is 8.55. The molecule has 2 aromatic carbocycles. The van der Waals surface area contributed by atoms with Crippen molar-refractivity contribution in [3.63, 3.8) is 0 Å². The van der Waals surface area contributed by atoms with Crippen molar-refractivity contribution in [2.24, 2.45) is 0 Å². The van der Waals surface area contributed by atoms with Gasteiger partial charge in [-0.3, -0.25) is 9.36 Å². The molecule has 0 aliphatic rings. The topological polar surface area (TPSA) is 44.1 Å². The van der Waals surface area contributed by atoms with Crippen LogP contribution in [0.2, 0.25) is 5.02 Å². The Hall–Kier alpha value is -2.63. The maximum atomic E-state index is 13.1. The van der Waals surface area contributed by atoms with Gasteiger partial charge in [0, 0.05) is 16.0 Å². The van der Waals surface area contributed by atoms with Crippen molar-refractivity contribution in [3.8, 4) is 21.9 Å². The molecule has 27 heavy (non-hydrogen) atoms. The van der Waals surface area contributed by atoms with Gasteiger partial charge >= 0.3 is 0 Å². The first-order chi connectivity index (χ1) is 13.1. The smallest absolute Gasteiger partial charge is 0.275 e. The number of methoxy groups -OCH3 is 1. The van der Waals surface area contributed by atoms with Crippen molar-refractivity contribution in [2.45, 2.75) is 13.3 Å². The van der Waals surface area contributed by atoms with E-state index in [2.05, 4.69) is 11.9 Å². The minimum Gasteiger partial charge on any atom is -0.496 e. The Kier molecular flexibility index (Phi) is 4.72. The fourth-order valence-corrected chi connectivity index (χ4v) is 4.20. The maximum absolute atomic E-state index is 13.1. The van der Waals surface area contributed by atoms with Crippen molar-refractivity contribution >= 4 is 33.2 Å². The molecular weight excluding hydrogens is 380 g/mol. The Labute approximate surface area is 165 Å². The number of ether oxygens (including phenoxy) is 1. The predicted molar refractivity (Wildman–Crippen MR) is 112 cm³/mol. The molecule has 2 heterocycles. The fourth-order valence-electron chi connectivity index (χ4n) is 3.03. The van der Waals surface area contributed by atoms with Gasteiger partial charge in [0.2, 0.25) is 0 Å². The highest BCUT2D eigenvalue weighted by Crippen LogP contribution is 2.32. The monoisotopic (exact) mass is 396 g/mol. The van der Waals surface area contributed by atoms with Crippen LogP contribution in [0.4, 0.5) is 0 Å². The molecule has 0 N–H and O–H groups in total. The van der Waals surface area contributed by atoms with Gasteiger partial charge in [0.15, 0.2) is 0 Å². The normalized spacial score (nSPS) is 11.1. The third kappa shape index (κ3) is 3.24. The molecule has 4 aromatic rings. The third-order valence-corrected chi connectivity index (χ3v) is 5.91. The van der Waals surface area contributed by atoms with E-state index in [4.69, 9.17) is 16.3 Å². The van der Waals surface area contributed by atoms with Crippen LogP contribution in [-0.4, -0.2) is 16.7 Å². The molecule has 0 aliphatic heterocycles. The molecule has 4 rings (SSSR count). The van der Waals surface area contributed by atoms with Crippen LogP contribution in [0, 0.1) is 0 Å². The summed E-state index contributed by atoms with van der Waals surface area (Å²) in [5.74, 6) is 0.773. The molecule has 0 amide bonds. The van der Waals surface area contributed by atoms with E-state index in [0.717, 1.165) is 33.9 Å². The van der Waals surface area contributed by atoms with Crippen LogP contribution in [0.25, 0.3) is 26.3 Å². The van der Waals surface area contributed by atoms with Gasteiger partial charge < -0.3 is 4.74 Å². The highest BCUT2D eigenvalue weighted by atomic mass is 35.5. The Bertz CT molecular complexity index is 1180. The second-order valence-electron chi connectivity index (χ2n) is 6.10. The summed E-state index contributed by atoms with van der Waals surface area (Å²) in [5, 5.41) is 0.685. The molecule has 136 valence electrons. The Morgan fingerprint density at radius 1 is 1.15 bits per heavy atom. The van der Waals surface area contributed by atoms with Gasteiger partial charge in [-0.05, 0) is 41.8 Å². The van der Waals surface area contributed by atoms with Gasteiger partial charge in [-0.25, -0.2) is 4.98 Å². The molecule has 0 fully saturated rings. The van der Waals surface area contributed by atoms with Gasteiger partial charge in [-0.2, -0.15) is 0 Å². The molecule has 0 unspecified atom stereocenters. The number of fused-ring (bicyclic) bond motifs is 1. The lowest BCUT2D eigenvalue weighted by molar-refractivity contribution is 0.410. The summed E-state index contributed by atoms with van der Waals surface area (Å²) < 4.78 is 7.64. The maximum Gasteiger partial charge on any atom is 0.275 e. The van der Waals surface area contributed by atoms with Gasteiger partial charge in [0.05, 0.1) is 18.3 Å². The summed E-state index contributed by atoms with van der Waals surface area (Å²) >= 11 is 7.40. The molecule has 4 nitrogen and oxygen atoms in total. The number of aromatic nitrogens is 2. The Morgan fingerprint density at radius 2 is 1.93 bits per heavy atom. The van der Waals surface area contributed by atoms with Gasteiger partial charge in [0.1, 0.15) is 16.8 Å². The van der Waals surface area contributed by atoms with E-state index in [1.54, 1.807) is 18.0 Å². The fraction of sp³-hybridized carbons (Fsp3) is 0.143. The number of halogens is 1. The molecule has 0 aliphatic carbocycles. The lowest BCUT2D eigenvalue weighted by atomic mass is 10.1. The van der Waals surface area contributed by atoms with Crippen molar-refractivity contribution in [3.05, 3.63) is 75.8 Å². The number of rotatable bonds is 4. The largest absolute Gasteiger partial charge is 0.496 e. The number of benzene rings is 2. The van der Waals surface area contributed by atoms with Crippen LogP contribution in [0.5, 0.6) is 5.75 Å². The second-order valence-corrected chi connectivity index (χ2v) is 7.59. The predicted octanol–water partition coefficient (Wildman–Crippen LogP) is 5.34. The quantitative estimate of drug-likeness (QED) is 0.467. The first-order valence-corrected chi connectivity index (χ1v) is 9.74. The Morgan fingerprint density at radius 3 is 2.63 bits per heavy atom. The average Bonchev–Trinajstić information content (AvgIpc) is 3.13. The van der Waals surface area contributed by atoms with Crippen molar-refractivity contribution < 1.29 is 4.74 Å². The second kappa shape index (κ2) is 7.18. The van der Waals surface area contributed by atoms with Crippen LogP contribution in [0.15, 0.2) is 59.7 Å². The SMILES string of the molecule is CCc1ccc(-n2cnc3cc(-c4ccc(Cl)cc4)sc3c2=O)cc1OC. The lowest BCUT2D eigenvalue weighted by Gasteiger charge is -2.10. The van der Waals surface area contributed by atoms with E-state index in [-0.39, 0.29) is 5.56 Å². The van der Waals surface area contributed by atoms with Gasteiger partial charge in [-0.1, -0.05) is 36.7 Å². The Balaban J connectivity index is 1.83. The summed E-state index contributed by atoms with van der Waals surface area (Å²) in [6, 6.07) is 15.3. The zero-order valence-corrected chi connectivity index (χ0v) is 16.5. The molecule has 0 spiro atoms. The third-order valence-electron chi connectivity index (χ3n) is 4.50. The molecule has 0 saturated carbocycles. The summed E-state index contributed by atoms with van der Waals surface area (Å²) in [7, 11) is 1.64. The standard InChI is InChI=1S/C21H17ClN2O2S/c1-3-13-6-9-16(10-18(13)26-2)24-12-23-17-11-19(27-20(17)21(24)25)14-4-7-15(22)8-5-14/h4-12H,3H2,1-2H3. The summed E-state index contributed by atoms with van der Waals surface area (Å²) in [4.78, 5) is 18.5. The highest BCUT2D eigenvalue weighted by molar-refractivity contribution is 7.22. The van der Waals surface area contributed by atoms with E-state index < -0.39 is 0 Å². The molecule has 0 atom stereocenters. The molecular formula is C21H17ClN2O2S. The van der Waals surface area contributed by atoms with Crippen LogP contribution in [0.1, 0.15) is 12.5 Å². The first kappa shape index (κ1) is 17.8. The van der Waals surface area contributed by atoms with Crippen LogP contribution in [0.3, 0.4) is 0 Å². The van der Waals surface area contributed by atoms with E-state index >= 15 is 0 Å². The number of aryl methyl sites for hydroxylation is 1. The zero-order chi connectivity index (χ0) is 19.0. The van der Waals surface area contributed by atoms with E-state index in [9.17, 15) is 4.79 Å². The zero-order valence-electron chi connectivity index (χ0n) is 14.9. The molecule has 0 saturated heterocycles. The van der Waals surface area contributed by atoms with E-state index in [0.29, 0.717) is 15.2 Å².